The first-order valence-electron chi connectivity index (χ1n) is 6.28. The van der Waals surface area contributed by atoms with E-state index in [0.29, 0.717) is 22.3 Å². The lowest BCUT2D eigenvalue weighted by molar-refractivity contribution is -0.115. The largest absolute Gasteiger partial charge is 0.384 e. The van der Waals surface area contributed by atoms with Gasteiger partial charge in [-0.1, -0.05) is 29.3 Å². The Hall–Kier alpha value is -1.78. The molecule has 0 aliphatic rings. The van der Waals surface area contributed by atoms with Gasteiger partial charge in [-0.05, 0) is 36.4 Å². The van der Waals surface area contributed by atoms with Crippen molar-refractivity contribution in [1.29, 1.82) is 0 Å². The molecule has 0 bridgehead atoms. The monoisotopic (exact) mass is 326 g/mol. The molecular weight excluding hydrogens is 314 g/mol. The lowest BCUT2D eigenvalue weighted by Gasteiger charge is -2.08. The van der Waals surface area contributed by atoms with Gasteiger partial charge >= 0.3 is 0 Å². The second-order valence-electron chi connectivity index (χ2n) is 4.39. The molecule has 21 heavy (non-hydrogen) atoms. The third-order valence-electron chi connectivity index (χ3n) is 2.65. The fraction of sp³-hybridized carbons (Fsp3) is 0.133. The summed E-state index contributed by atoms with van der Waals surface area (Å²) in [6, 6.07) is 10.8. The molecule has 0 aromatic heterocycles. The molecule has 0 aliphatic heterocycles. The first-order chi connectivity index (χ1) is 10.0. The Morgan fingerprint density at radius 3 is 2.43 bits per heavy atom. The maximum atomic E-state index is 13.0. The van der Waals surface area contributed by atoms with Crippen molar-refractivity contribution in [3.8, 4) is 0 Å². The fourth-order valence-electron chi connectivity index (χ4n) is 1.77. The van der Waals surface area contributed by atoms with Crippen LogP contribution in [0.2, 0.25) is 10.0 Å². The zero-order chi connectivity index (χ0) is 15.2. The Kier molecular flexibility index (Phi) is 5.42. The summed E-state index contributed by atoms with van der Waals surface area (Å²) in [6.45, 7) is 0.415. The van der Waals surface area contributed by atoms with Crippen LogP contribution in [0.25, 0.3) is 0 Å². The summed E-state index contributed by atoms with van der Waals surface area (Å²) in [5.41, 5.74) is 1.18. The highest BCUT2D eigenvalue weighted by molar-refractivity contribution is 6.35. The summed E-state index contributed by atoms with van der Waals surface area (Å²) in [6.07, 6.45) is 0.237. The molecule has 0 heterocycles. The summed E-state index contributed by atoms with van der Waals surface area (Å²) >= 11 is 11.7. The average molecular weight is 327 g/mol. The standard InChI is InChI=1S/C15H13Cl2FN2O/c16-10-6-11(17)8-14(7-10)19-5-4-15(21)20-13-3-1-2-12(18)9-13/h1-3,6-9,19H,4-5H2,(H,20,21). The number of nitrogens with one attached hydrogen (secondary N) is 2. The van der Waals surface area contributed by atoms with Crippen LogP contribution in [0.1, 0.15) is 6.42 Å². The van der Waals surface area contributed by atoms with Gasteiger partial charge in [-0.3, -0.25) is 4.79 Å². The molecule has 3 nitrogen and oxygen atoms in total. The minimum Gasteiger partial charge on any atom is -0.384 e. The van der Waals surface area contributed by atoms with Crippen LogP contribution in [0.15, 0.2) is 42.5 Å². The van der Waals surface area contributed by atoms with Gasteiger partial charge in [0.15, 0.2) is 0 Å². The highest BCUT2D eigenvalue weighted by atomic mass is 35.5. The van der Waals surface area contributed by atoms with Gasteiger partial charge in [-0.2, -0.15) is 0 Å². The normalized spacial score (nSPS) is 10.2. The molecule has 6 heteroatoms. The summed E-state index contributed by atoms with van der Waals surface area (Å²) in [5.74, 6) is -0.597. The van der Waals surface area contributed by atoms with Crippen LogP contribution >= 0.6 is 23.2 Å². The van der Waals surface area contributed by atoms with Crippen LogP contribution in [0, 0.1) is 5.82 Å². The van der Waals surface area contributed by atoms with Crippen molar-refractivity contribution < 1.29 is 9.18 Å². The van der Waals surface area contributed by atoms with E-state index in [-0.39, 0.29) is 18.1 Å². The lowest BCUT2D eigenvalue weighted by atomic mass is 10.3. The van der Waals surface area contributed by atoms with E-state index in [4.69, 9.17) is 23.2 Å². The van der Waals surface area contributed by atoms with Gasteiger partial charge < -0.3 is 10.6 Å². The molecule has 2 aromatic carbocycles. The Bertz CT molecular complexity index is 629. The summed E-state index contributed by atoms with van der Waals surface area (Å²) in [5, 5.41) is 6.72. The minimum absolute atomic E-state index is 0.207. The second-order valence-corrected chi connectivity index (χ2v) is 5.27. The van der Waals surface area contributed by atoms with Crippen molar-refractivity contribution in [3.63, 3.8) is 0 Å². The number of benzene rings is 2. The Morgan fingerprint density at radius 1 is 1.05 bits per heavy atom. The maximum Gasteiger partial charge on any atom is 0.226 e. The maximum absolute atomic E-state index is 13.0. The predicted octanol–water partition coefficient (Wildman–Crippen LogP) is 4.57. The quantitative estimate of drug-likeness (QED) is 0.844. The Morgan fingerprint density at radius 2 is 1.76 bits per heavy atom. The third-order valence-corrected chi connectivity index (χ3v) is 3.09. The SMILES string of the molecule is O=C(CCNc1cc(Cl)cc(Cl)c1)Nc1cccc(F)c1. The number of carbonyl (C=O) groups is 1. The molecule has 1 amide bonds. The van der Waals surface area contributed by atoms with E-state index in [1.54, 1.807) is 24.3 Å². The van der Waals surface area contributed by atoms with Gasteiger partial charge in [0, 0.05) is 34.4 Å². The Labute approximate surface area is 132 Å². The highest BCUT2D eigenvalue weighted by Crippen LogP contribution is 2.22. The molecule has 2 rings (SSSR count). The van der Waals surface area contributed by atoms with Crippen molar-refractivity contribution in [1.82, 2.24) is 0 Å². The molecule has 0 unspecified atom stereocenters. The van der Waals surface area contributed by atoms with Crippen LogP contribution in [0.5, 0.6) is 0 Å². The zero-order valence-corrected chi connectivity index (χ0v) is 12.5. The number of carbonyl (C=O) groups excluding carboxylic acids is 1. The van der Waals surface area contributed by atoms with Crippen LogP contribution in [-0.2, 0) is 4.79 Å². The zero-order valence-electron chi connectivity index (χ0n) is 11.0. The number of anilines is 2. The predicted molar refractivity (Wildman–Crippen MR) is 84.6 cm³/mol. The average Bonchev–Trinajstić information content (AvgIpc) is 2.37. The van der Waals surface area contributed by atoms with E-state index in [2.05, 4.69) is 10.6 Å². The molecular formula is C15H13Cl2FN2O. The van der Waals surface area contributed by atoms with Gasteiger partial charge in [0.2, 0.25) is 5.91 Å². The lowest BCUT2D eigenvalue weighted by Crippen LogP contribution is -2.16. The second kappa shape index (κ2) is 7.29. The van der Waals surface area contributed by atoms with Crippen LogP contribution in [0.4, 0.5) is 15.8 Å². The molecule has 0 saturated carbocycles. The molecule has 0 radical (unpaired) electrons. The third kappa shape index (κ3) is 5.25. The summed E-state index contributed by atoms with van der Waals surface area (Å²) in [7, 11) is 0. The molecule has 0 aliphatic carbocycles. The van der Waals surface area contributed by atoms with E-state index >= 15 is 0 Å². The first kappa shape index (κ1) is 15.6. The van der Waals surface area contributed by atoms with E-state index in [1.807, 2.05) is 0 Å². The van der Waals surface area contributed by atoms with Gasteiger partial charge in [0.25, 0.3) is 0 Å². The first-order valence-corrected chi connectivity index (χ1v) is 7.04. The van der Waals surface area contributed by atoms with E-state index in [0.717, 1.165) is 5.69 Å². The van der Waals surface area contributed by atoms with Gasteiger partial charge in [0.05, 0.1) is 0 Å². The highest BCUT2D eigenvalue weighted by Gasteiger charge is 2.04. The molecule has 2 N–H and O–H groups in total. The van der Waals surface area contributed by atoms with Crippen LogP contribution in [-0.4, -0.2) is 12.5 Å². The number of hydrogen-bond donors (Lipinski definition) is 2. The Balaban J connectivity index is 1.81. The van der Waals surface area contributed by atoms with Gasteiger partial charge in [-0.15, -0.1) is 0 Å². The van der Waals surface area contributed by atoms with Crippen molar-refractivity contribution >= 4 is 40.5 Å². The number of rotatable bonds is 5. The number of amides is 1. The molecule has 0 atom stereocenters. The van der Waals surface area contributed by atoms with E-state index < -0.39 is 0 Å². The van der Waals surface area contributed by atoms with E-state index in [1.165, 1.54) is 18.2 Å². The molecule has 0 fully saturated rings. The van der Waals surface area contributed by atoms with Crippen molar-refractivity contribution in [2.75, 3.05) is 17.2 Å². The topological polar surface area (TPSA) is 41.1 Å². The van der Waals surface area contributed by atoms with E-state index in [9.17, 15) is 9.18 Å². The number of halogens is 3. The van der Waals surface area contributed by atoms with Crippen LogP contribution < -0.4 is 10.6 Å². The van der Waals surface area contributed by atoms with Gasteiger partial charge in [0.1, 0.15) is 5.82 Å². The molecule has 0 spiro atoms. The van der Waals surface area contributed by atoms with Crippen molar-refractivity contribution in [3.05, 3.63) is 58.3 Å². The summed E-state index contributed by atoms with van der Waals surface area (Å²) in [4.78, 5) is 11.7. The van der Waals surface area contributed by atoms with Gasteiger partial charge in [-0.25, -0.2) is 4.39 Å². The van der Waals surface area contributed by atoms with Crippen molar-refractivity contribution in [2.24, 2.45) is 0 Å². The fourth-order valence-corrected chi connectivity index (χ4v) is 2.29. The van der Waals surface area contributed by atoms with Crippen molar-refractivity contribution in [2.45, 2.75) is 6.42 Å². The molecule has 110 valence electrons. The van der Waals surface area contributed by atoms with Crippen LogP contribution in [0.3, 0.4) is 0 Å². The smallest absolute Gasteiger partial charge is 0.226 e. The number of hydrogen-bond acceptors (Lipinski definition) is 2. The minimum atomic E-state index is -0.389. The molecule has 0 saturated heterocycles. The molecule has 2 aromatic rings. The summed E-state index contributed by atoms with van der Waals surface area (Å²) < 4.78 is 13.0.